The third kappa shape index (κ3) is 39.7. The first kappa shape index (κ1) is 81.2. The first-order chi connectivity index (χ1) is 42.5. The van der Waals surface area contributed by atoms with E-state index >= 15 is 0 Å². The Balaban J connectivity index is 1.16. The van der Waals surface area contributed by atoms with E-state index in [9.17, 15) is 10.5 Å². The van der Waals surface area contributed by atoms with Crippen molar-refractivity contribution in [3.8, 4) is 12.1 Å². The average Bonchev–Trinajstić information content (AvgIpc) is 3.48. The van der Waals surface area contributed by atoms with Crippen LogP contribution >= 0.6 is 188 Å². The Morgan fingerprint density at radius 2 is 0.512 bits per heavy atom. The second-order valence-electron chi connectivity index (χ2n) is 22.4. The largest absolute Gasteiger partial charge is 0.192 e. The summed E-state index contributed by atoms with van der Waals surface area (Å²) in [6, 6.07) is 4.80. The summed E-state index contributed by atoms with van der Waals surface area (Å²) in [5, 5.41) is 25.1. The molecule has 0 saturated heterocycles. The van der Waals surface area contributed by atoms with Crippen LogP contribution in [0.3, 0.4) is 0 Å². The molecule has 4 rings (SSSR count). The van der Waals surface area contributed by atoms with E-state index < -0.39 is 0 Å². The quantitative estimate of drug-likeness (QED) is 0.0429. The molecule has 0 bridgehead atoms. The molecule has 4 aliphatic rings. The van der Waals surface area contributed by atoms with E-state index in [0.717, 1.165) is 23.0 Å². The summed E-state index contributed by atoms with van der Waals surface area (Å²) in [6.07, 6.45) is 55.7. The van der Waals surface area contributed by atoms with Crippen LogP contribution in [0.2, 0.25) is 0 Å². The van der Waals surface area contributed by atoms with Crippen LogP contribution in [0.1, 0.15) is 285 Å². The third-order valence-corrected chi connectivity index (χ3v) is 37.3. The molecule has 0 N–H and O–H groups in total. The fourth-order valence-electron chi connectivity index (χ4n) is 9.74. The fraction of sp³-hybridized carbons (Fsp3) is 0.765. The molecule has 0 saturated carbocycles. The van der Waals surface area contributed by atoms with Gasteiger partial charge in [0.15, 0.2) is 0 Å². The van der Waals surface area contributed by atoms with Gasteiger partial charge in [-0.1, -0.05) is 353 Å². The summed E-state index contributed by atoms with van der Waals surface area (Å²) in [5.74, 6) is 8.40. The smallest absolute Gasteiger partial charge is 0.109 e. The predicted molar refractivity (Wildman–Crippen MR) is 430 cm³/mol. The molecule has 4 aliphatic heterocycles. The maximum absolute atomic E-state index is 10.2. The lowest BCUT2D eigenvalue weighted by Gasteiger charge is -2.06. The summed E-state index contributed by atoms with van der Waals surface area (Å²) >= 11 is 31.3. The molecule has 4 heterocycles. The number of nitrogens with zero attached hydrogens (tertiary/aromatic N) is 2. The van der Waals surface area contributed by atoms with Crippen LogP contribution < -0.4 is 0 Å². The molecular weight excluding hydrogens is 1360 g/mol. The zero-order valence-corrected chi connectivity index (χ0v) is 66.6. The molecule has 86 heavy (non-hydrogen) atoms. The number of thioether (sulfide) groups is 16. The van der Waals surface area contributed by atoms with Crippen molar-refractivity contribution >= 4 is 188 Å². The number of allylic oxidation sites excluding steroid dienone is 2. The van der Waals surface area contributed by atoms with E-state index in [1.807, 2.05) is 118 Å². The lowest BCUT2D eigenvalue weighted by molar-refractivity contribution is 0.563. The Morgan fingerprint density at radius 1 is 0.279 bits per heavy atom. The topological polar surface area (TPSA) is 47.6 Å². The van der Waals surface area contributed by atoms with Crippen LogP contribution in [0.25, 0.3) is 0 Å². The van der Waals surface area contributed by atoms with Gasteiger partial charge in [-0.2, -0.15) is 10.5 Å². The molecule has 18 heteroatoms. The lowest BCUT2D eigenvalue weighted by Crippen LogP contribution is -1.90. The molecule has 0 fully saturated rings. The van der Waals surface area contributed by atoms with Crippen LogP contribution in [-0.2, 0) is 0 Å². The highest BCUT2D eigenvalue weighted by atomic mass is 32.3. The lowest BCUT2D eigenvalue weighted by atomic mass is 10.1. The van der Waals surface area contributed by atoms with E-state index in [1.165, 1.54) is 305 Å². The average molecular weight is 1470 g/mol. The van der Waals surface area contributed by atoms with Crippen LogP contribution in [0.15, 0.2) is 63.0 Å². The third-order valence-electron chi connectivity index (χ3n) is 14.8. The second kappa shape index (κ2) is 58.0. The van der Waals surface area contributed by atoms with Gasteiger partial charge in [-0.3, -0.25) is 0 Å². The maximum Gasteiger partial charge on any atom is 0.109 e. The van der Waals surface area contributed by atoms with Crippen molar-refractivity contribution in [1.82, 2.24) is 0 Å². The Labute approximate surface area is 597 Å². The van der Waals surface area contributed by atoms with Crippen LogP contribution in [0, 0.1) is 22.7 Å². The van der Waals surface area contributed by atoms with Gasteiger partial charge in [0.1, 0.15) is 21.9 Å². The first-order valence-corrected chi connectivity index (χ1v) is 48.4. The Morgan fingerprint density at radius 3 is 0.744 bits per heavy atom. The monoisotopic (exact) mass is 1470 g/mol. The Kier molecular flexibility index (Phi) is 54.7. The summed E-state index contributed by atoms with van der Waals surface area (Å²) in [4.78, 5) is 1.15. The molecule has 0 unspecified atom stereocenters. The van der Waals surface area contributed by atoms with Gasteiger partial charge in [0.2, 0.25) is 0 Å². The molecule has 0 atom stereocenters. The van der Waals surface area contributed by atoms with Gasteiger partial charge in [0.05, 0.1) is 42.4 Å². The van der Waals surface area contributed by atoms with Gasteiger partial charge in [-0.05, 0) is 59.5 Å². The zero-order valence-electron chi connectivity index (χ0n) is 53.5. The van der Waals surface area contributed by atoms with Gasteiger partial charge in [0.25, 0.3) is 0 Å². The van der Waals surface area contributed by atoms with Crippen LogP contribution in [-0.4, -0.2) is 46.0 Å². The zero-order chi connectivity index (χ0) is 61.0. The van der Waals surface area contributed by atoms with Gasteiger partial charge in [-0.25, -0.2) is 0 Å². The standard InChI is InChI=1S/C68H110N2S16/c1-5-9-13-17-21-25-29-33-37-41-45-75-61-62(76-46-42-38-34-30-26-22-18-14-10-6-2)84-67(83-61)65-79-55-59(81-65)73-51-49-71-57(53-69)58(54-70)72-50-52-74-60-56-80-66(82-60)68-85-63(77-47-43-39-35-31-27-23-19-15-11-7-3)64(86-68)78-48-44-40-36-32-28-24-20-16-12-8-4/h55-56H,5-52H2,1-4H3/b58-57-. The predicted octanol–water partition coefficient (Wildman–Crippen LogP) is 30.8. The molecule has 0 aromatic heterocycles. The summed E-state index contributed by atoms with van der Waals surface area (Å²) < 4.78 is 14.7. The molecular formula is C68H110N2S16. The Bertz CT molecular complexity index is 1890. The number of hydrogen-bond donors (Lipinski definition) is 0. The van der Waals surface area contributed by atoms with Crippen molar-refractivity contribution < 1.29 is 0 Å². The number of unbranched alkanes of at least 4 members (excludes halogenated alkanes) is 36. The summed E-state index contributed by atoms with van der Waals surface area (Å²) in [7, 11) is 0. The van der Waals surface area contributed by atoms with Gasteiger partial charge < -0.3 is 0 Å². The van der Waals surface area contributed by atoms with Crippen molar-refractivity contribution in [3.63, 3.8) is 0 Å². The van der Waals surface area contributed by atoms with Crippen molar-refractivity contribution in [3.05, 3.63) is 63.0 Å². The van der Waals surface area contributed by atoms with E-state index in [2.05, 4.69) is 97.7 Å². The normalized spacial score (nSPS) is 15.7. The van der Waals surface area contributed by atoms with E-state index in [0.29, 0.717) is 9.81 Å². The SMILES string of the molecule is CCCCCCCCCCCCSC1=C(SCCCCCCCCCCCC)SC(=C2SC=C(SCCS/C(C#N)=C(/C#N)SCCSC3=CSC(=C4SC(SCCCCCCCCCCCC)=C(SCCCCCCCCCCCC)S4)S3)S2)S1. The minimum Gasteiger partial charge on any atom is -0.192 e. The molecule has 0 aromatic carbocycles. The van der Waals surface area contributed by atoms with Crippen molar-refractivity contribution in [2.45, 2.75) is 285 Å². The fourth-order valence-corrected chi connectivity index (χ4v) is 31.7. The molecule has 0 aromatic rings. The highest BCUT2D eigenvalue weighted by Crippen LogP contribution is 2.65. The minimum absolute atomic E-state index is 0.576. The van der Waals surface area contributed by atoms with Crippen LogP contribution in [0.5, 0.6) is 0 Å². The molecule has 0 spiro atoms. The number of nitriles is 2. The first-order valence-electron chi connectivity index (χ1n) is 33.9. The van der Waals surface area contributed by atoms with Crippen LogP contribution in [0.4, 0.5) is 0 Å². The highest BCUT2D eigenvalue weighted by Gasteiger charge is 2.29. The summed E-state index contributed by atoms with van der Waals surface area (Å²) in [6.45, 7) is 9.23. The van der Waals surface area contributed by atoms with Gasteiger partial charge in [-0.15, -0.1) is 94.1 Å². The van der Waals surface area contributed by atoms with Gasteiger partial charge >= 0.3 is 0 Å². The molecule has 0 aliphatic carbocycles. The Hall–Kier alpha value is 2.76. The highest BCUT2D eigenvalue weighted by molar-refractivity contribution is 8.44. The molecule has 488 valence electrons. The molecule has 2 nitrogen and oxygen atoms in total. The number of hydrogen-bond acceptors (Lipinski definition) is 18. The molecule has 0 radical (unpaired) electrons. The molecule has 0 amide bonds. The van der Waals surface area contributed by atoms with Crippen molar-refractivity contribution in [2.75, 3.05) is 46.0 Å². The van der Waals surface area contributed by atoms with Gasteiger partial charge in [0, 0.05) is 23.0 Å². The number of rotatable bonds is 58. The van der Waals surface area contributed by atoms with Crippen molar-refractivity contribution in [1.29, 1.82) is 10.5 Å². The van der Waals surface area contributed by atoms with E-state index in [1.54, 1.807) is 40.5 Å². The maximum atomic E-state index is 10.2. The van der Waals surface area contributed by atoms with E-state index in [-0.39, 0.29) is 0 Å². The van der Waals surface area contributed by atoms with E-state index in [4.69, 9.17) is 0 Å². The minimum atomic E-state index is 0.576. The summed E-state index contributed by atoms with van der Waals surface area (Å²) in [5.41, 5.74) is 0. The van der Waals surface area contributed by atoms with Crippen molar-refractivity contribution in [2.24, 2.45) is 0 Å². The second-order valence-corrected chi connectivity index (χ2v) is 41.9.